The molecule has 0 radical (unpaired) electrons. The first-order chi connectivity index (χ1) is 7.31. The number of hydrogen-bond acceptors (Lipinski definition) is 4. The highest BCUT2D eigenvalue weighted by Gasteiger charge is 2.22. The molecule has 1 aliphatic heterocycles. The molecule has 1 fully saturated rings. The molecule has 0 aromatic carbocycles. The molecule has 0 bridgehead atoms. The highest BCUT2D eigenvalue weighted by molar-refractivity contribution is 4.99. The summed E-state index contributed by atoms with van der Waals surface area (Å²) < 4.78 is 5.33. The minimum atomic E-state index is 0.402. The van der Waals surface area contributed by atoms with Gasteiger partial charge in [-0.1, -0.05) is 19.0 Å². The van der Waals surface area contributed by atoms with Crippen molar-refractivity contribution in [3.63, 3.8) is 0 Å². The quantitative estimate of drug-likeness (QED) is 0.827. The van der Waals surface area contributed by atoms with Gasteiger partial charge in [-0.2, -0.15) is 4.98 Å². The second-order valence-corrected chi connectivity index (χ2v) is 4.34. The smallest absolute Gasteiger partial charge is 0.231 e. The maximum atomic E-state index is 5.33. The van der Waals surface area contributed by atoms with Gasteiger partial charge < -0.3 is 9.84 Å². The Bertz CT molecular complexity index is 305. The van der Waals surface area contributed by atoms with Crippen molar-refractivity contribution >= 4 is 0 Å². The van der Waals surface area contributed by atoms with Crippen molar-refractivity contribution in [2.24, 2.45) is 0 Å². The number of rotatable bonds is 3. The predicted octanol–water partition coefficient (Wildman–Crippen LogP) is 2.05. The van der Waals surface area contributed by atoms with E-state index in [0.717, 1.165) is 37.6 Å². The highest BCUT2D eigenvalue weighted by Crippen LogP contribution is 2.23. The summed E-state index contributed by atoms with van der Waals surface area (Å²) in [5, 5.41) is 7.41. The standard InChI is InChI=1S/C11H19N3O/c1-3-8(2)10-13-11(15-14-10)9-5-4-6-12-7-9/h8-9,12H,3-7H2,1-2H3/t8-,9-/m0/s1. The summed E-state index contributed by atoms with van der Waals surface area (Å²) in [6.07, 6.45) is 3.42. The van der Waals surface area contributed by atoms with E-state index in [1.54, 1.807) is 0 Å². The summed E-state index contributed by atoms with van der Waals surface area (Å²) in [4.78, 5) is 4.49. The van der Waals surface area contributed by atoms with Crippen LogP contribution in [0.3, 0.4) is 0 Å². The van der Waals surface area contributed by atoms with Gasteiger partial charge >= 0.3 is 0 Å². The van der Waals surface area contributed by atoms with Gasteiger partial charge in [0, 0.05) is 12.5 Å². The zero-order chi connectivity index (χ0) is 10.7. The zero-order valence-corrected chi connectivity index (χ0v) is 9.49. The molecule has 84 valence electrons. The Hall–Kier alpha value is -0.900. The molecule has 0 saturated carbocycles. The third-order valence-corrected chi connectivity index (χ3v) is 3.16. The molecule has 2 atom stereocenters. The molecule has 1 aromatic heterocycles. The van der Waals surface area contributed by atoms with Gasteiger partial charge in [-0.25, -0.2) is 0 Å². The summed E-state index contributed by atoms with van der Waals surface area (Å²) >= 11 is 0. The molecule has 0 spiro atoms. The van der Waals surface area contributed by atoms with Crippen LogP contribution in [-0.4, -0.2) is 23.2 Å². The molecule has 0 amide bonds. The van der Waals surface area contributed by atoms with Gasteiger partial charge in [0.2, 0.25) is 5.89 Å². The highest BCUT2D eigenvalue weighted by atomic mass is 16.5. The van der Waals surface area contributed by atoms with E-state index in [1.807, 2.05) is 0 Å². The second kappa shape index (κ2) is 4.75. The molecule has 1 aliphatic rings. The Morgan fingerprint density at radius 1 is 1.60 bits per heavy atom. The second-order valence-electron chi connectivity index (χ2n) is 4.34. The van der Waals surface area contributed by atoms with Gasteiger partial charge in [0.25, 0.3) is 0 Å². The normalized spacial score (nSPS) is 24.0. The number of hydrogen-bond donors (Lipinski definition) is 1. The van der Waals surface area contributed by atoms with Crippen LogP contribution >= 0.6 is 0 Å². The lowest BCUT2D eigenvalue weighted by Gasteiger charge is -2.18. The zero-order valence-electron chi connectivity index (χ0n) is 9.49. The number of nitrogens with one attached hydrogen (secondary N) is 1. The van der Waals surface area contributed by atoms with Crippen LogP contribution in [0.4, 0.5) is 0 Å². The fourth-order valence-electron chi connectivity index (χ4n) is 1.86. The minimum Gasteiger partial charge on any atom is -0.339 e. The van der Waals surface area contributed by atoms with Crippen molar-refractivity contribution in [2.75, 3.05) is 13.1 Å². The molecular weight excluding hydrogens is 190 g/mol. The van der Waals surface area contributed by atoms with Crippen LogP contribution < -0.4 is 5.32 Å². The molecule has 1 N–H and O–H groups in total. The van der Waals surface area contributed by atoms with E-state index < -0.39 is 0 Å². The fraction of sp³-hybridized carbons (Fsp3) is 0.818. The van der Waals surface area contributed by atoms with Crippen LogP contribution in [0.5, 0.6) is 0 Å². The van der Waals surface area contributed by atoms with E-state index in [-0.39, 0.29) is 0 Å². The molecule has 1 saturated heterocycles. The molecular formula is C11H19N3O. The van der Waals surface area contributed by atoms with Crippen molar-refractivity contribution in [2.45, 2.75) is 44.9 Å². The summed E-state index contributed by atoms with van der Waals surface area (Å²) in [6, 6.07) is 0. The first kappa shape index (κ1) is 10.6. The maximum absolute atomic E-state index is 5.33. The molecule has 4 nitrogen and oxygen atoms in total. The Balaban J connectivity index is 2.05. The average molecular weight is 209 g/mol. The van der Waals surface area contributed by atoms with Gasteiger partial charge in [0.15, 0.2) is 5.82 Å². The van der Waals surface area contributed by atoms with Gasteiger partial charge in [0.05, 0.1) is 5.92 Å². The van der Waals surface area contributed by atoms with Crippen LogP contribution in [0.2, 0.25) is 0 Å². The number of aromatic nitrogens is 2. The van der Waals surface area contributed by atoms with Crippen LogP contribution in [0.15, 0.2) is 4.52 Å². The van der Waals surface area contributed by atoms with Crippen LogP contribution in [-0.2, 0) is 0 Å². The summed E-state index contributed by atoms with van der Waals surface area (Å²) in [7, 11) is 0. The van der Waals surface area contributed by atoms with E-state index >= 15 is 0 Å². The molecule has 15 heavy (non-hydrogen) atoms. The fourth-order valence-corrected chi connectivity index (χ4v) is 1.86. The van der Waals surface area contributed by atoms with E-state index in [9.17, 15) is 0 Å². The molecule has 1 aromatic rings. The molecule has 2 heterocycles. The van der Waals surface area contributed by atoms with E-state index in [0.29, 0.717) is 11.8 Å². The summed E-state index contributed by atoms with van der Waals surface area (Å²) in [5.74, 6) is 2.50. The Labute approximate surface area is 90.4 Å². The van der Waals surface area contributed by atoms with Crippen LogP contribution in [0.1, 0.15) is 56.7 Å². The Morgan fingerprint density at radius 2 is 2.47 bits per heavy atom. The van der Waals surface area contributed by atoms with Gasteiger partial charge in [-0.05, 0) is 25.8 Å². The van der Waals surface area contributed by atoms with Crippen molar-refractivity contribution in [3.05, 3.63) is 11.7 Å². The van der Waals surface area contributed by atoms with Gasteiger partial charge in [-0.15, -0.1) is 0 Å². The van der Waals surface area contributed by atoms with Crippen molar-refractivity contribution in [1.29, 1.82) is 0 Å². The average Bonchev–Trinajstić information content (AvgIpc) is 2.78. The number of nitrogens with zero attached hydrogens (tertiary/aromatic N) is 2. The maximum Gasteiger partial charge on any atom is 0.231 e. The lowest BCUT2D eigenvalue weighted by Crippen LogP contribution is -2.28. The topological polar surface area (TPSA) is 51.0 Å². The first-order valence-electron chi connectivity index (χ1n) is 5.85. The van der Waals surface area contributed by atoms with Crippen molar-refractivity contribution < 1.29 is 4.52 Å². The Morgan fingerprint density at radius 3 is 3.13 bits per heavy atom. The SMILES string of the molecule is CC[C@H](C)c1noc([C@H]2CCCNC2)n1. The minimum absolute atomic E-state index is 0.402. The lowest BCUT2D eigenvalue weighted by molar-refractivity contribution is 0.319. The van der Waals surface area contributed by atoms with E-state index in [2.05, 4.69) is 29.3 Å². The van der Waals surface area contributed by atoms with E-state index in [4.69, 9.17) is 4.52 Å². The molecule has 0 aliphatic carbocycles. The summed E-state index contributed by atoms with van der Waals surface area (Å²) in [5.41, 5.74) is 0. The molecule has 0 unspecified atom stereocenters. The van der Waals surface area contributed by atoms with Gasteiger partial charge in [-0.3, -0.25) is 0 Å². The first-order valence-corrected chi connectivity index (χ1v) is 5.85. The monoisotopic (exact) mass is 209 g/mol. The van der Waals surface area contributed by atoms with Crippen LogP contribution in [0, 0.1) is 0 Å². The largest absolute Gasteiger partial charge is 0.339 e. The van der Waals surface area contributed by atoms with Crippen molar-refractivity contribution in [1.82, 2.24) is 15.5 Å². The third kappa shape index (κ3) is 2.37. The molecule has 4 heteroatoms. The number of piperidine rings is 1. The van der Waals surface area contributed by atoms with Crippen LogP contribution in [0.25, 0.3) is 0 Å². The third-order valence-electron chi connectivity index (χ3n) is 3.16. The van der Waals surface area contributed by atoms with E-state index in [1.165, 1.54) is 6.42 Å². The Kier molecular flexibility index (Phi) is 3.36. The van der Waals surface area contributed by atoms with Gasteiger partial charge in [0.1, 0.15) is 0 Å². The van der Waals surface area contributed by atoms with Crippen molar-refractivity contribution in [3.8, 4) is 0 Å². The summed E-state index contributed by atoms with van der Waals surface area (Å²) in [6.45, 7) is 6.36. The molecule has 2 rings (SSSR count). The predicted molar refractivity (Wildman–Crippen MR) is 57.8 cm³/mol. The lowest BCUT2D eigenvalue weighted by atomic mass is 10.00.